The number of nitrogens with zero attached hydrogens (tertiary/aromatic N) is 8. The van der Waals surface area contributed by atoms with Crippen molar-refractivity contribution < 1.29 is 8.42 Å². The molecule has 0 atom stereocenters. The molecule has 0 radical (unpaired) electrons. The number of piperidine rings is 1. The number of likely N-dealkylation sites (tertiary alicyclic amines) is 1. The van der Waals surface area contributed by atoms with Crippen LogP contribution in [0.15, 0.2) is 48.5 Å². The van der Waals surface area contributed by atoms with Crippen molar-refractivity contribution in [1.82, 2.24) is 43.5 Å². The maximum atomic E-state index is 12.8. The normalized spacial score (nSPS) is 19.3. The maximum Gasteiger partial charge on any atom is 0.262 e. The molecule has 4 aromatic heterocycles. The summed E-state index contributed by atoms with van der Waals surface area (Å²) in [5.74, 6) is 0. The van der Waals surface area contributed by atoms with E-state index in [1.165, 1.54) is 6.33 Å². The number of aromatic nitrogens is 7. The SMILES string of the molecule is Cn1cnc(S(=O)(=O)N2CCC(N3CC(n4cc(-c5ncnc6[nH]ccc56)cn4)C3)CC2)c1. The number of hydrogen-bond donors (Lipinski definition) is 1. The molecular formula is C21H25N9O2S. The van der Waals surface area contributed by atoms with E-state index < -0.39 is 10.0 Å². The van der Waals surface area contributed by atoms with E-state index >= 15 is 0 Å². The van der Waals surface area contributed by atoms with Gasteiger partial charge in [-0.15, -0.1) is 0 Å². The highest BCUT2D eigenvalue weighted by atomic mass is 32.2. The molecule has 11 nitrogen and oxygen atoms in total. The number of H-pyrrole nitrogens is 1. The Hall–Kier alpha value is -3.09. The summed E-state index contributed by atoms with van der Waals surface area (Å²) in [5, 5.41) is 5.70. The number of aromatic amines is 1. The Labute approximate surface area is 191 Å². The number of aryl methyl sites for hydroxylation is 1. The van der Waals surface area contributed by atoms with Gasteiger partial charge >= 0.3 is 0 Å². The molecule has 0 spiro atoms. The molecule has 12 heteroatoms. The van der Waals surface area contributed by atoms with Crippen LogP contribution in [-0.2, 0) is 17.1 Å². The quantitative estimate of drug-likeness (QED) is 0.470. The summed E-state index contributed by atoms with van der Waals surface area (Å²) in [5.41, 5.74) is 2.68. The molecule has 0 aromatic carbocycles. The van der Waals surface area contributed by atoms with Gasteiger partial charge in [-0.25, -0.2) is 23.4 Å². The summed E-state index contributed by atoms with van der Waals surface area (Å²) < 4.78 is 30.8. The van der Waals surface area contributed by atoms with Gasteiger partial charge in [0.05, 0.1) is 24.3 Å². The van der Waals surface area contributed by atoms with Gasteiger partial charge < -0.3 is 9.55 Å². The second-order valence-electron chi connectivity index (χ2n) is 8.79. The van der Waals surface area contributed by atoms with Gasteiger partial charge in [-0.2, -0.15) is 9.40 Å². The first-order chi connectivity index (χ1) is 16.0. The van der Waals surface area contributed by atoms with Gasteiger partial charge in [0, 0.05) is 68.8 Å². The second kappa shape index (κ2) is 7.75. The minimum absolute atomic E-state index is 0.127. The van der Waals surface area contributed by atoms with Gasteiger partial charge in [0.25, 0.3) is 10.0 Å². The second-order valence-corrected chi connectivity index (χ2v) is 10.7. The minimum atomic E-state index is -3.51. The molecule has 172 valence electrons. The molecule has 2 fully saturated rings. The predicted octanol–water partition coefficient (Wildman–Crippen LogP) is 1.26. The number of nitrogens with one attached hydrogen (secondary N) is 1. The van der Waals surface area contributed by atoms with Crippen LogP contribution in [-0.4, -0.2) is 84.1 Å². The first-order valence-corrected chi connectivity index (χ1v) is 12.5. The lowest BCUT2D eigenvalue weighted by atomic mass is 9.98. The van der Waals surface area contributed by atoms with E-state index in [1.54, 1.807) is 28.4 Å². The number of fused-ring (bicyclic) bond motifs is 1. The van der Waals surface area contributed by atoms with Crippen molar-refractivity contribution >= 4 is 21.1 Å². The first kappa shape index (κ1) is 20.5. The molecule has 0 bridgehead atoms. The highest BCUT2D eigenvalue weighted by Gasteiger charge is 2.38. The number of rotatable bonds is 5. The average molecular weight is 468 g/mol. The Morgan fingerprint density at radius 3 is 2.64 bits per heavy atom. The highest BCUT2D eigenvalue weighted by Crippen LogP contribution is 2.31. The fourth-order valence-corrected chi connectivity index (χ4v) is 6.25. The van der Waals surface area contributed by atoms with Gasteiger partial charge in [0.1, 0.15) is 12.0 Å². The van der Waals surface area contributed by atoms with Crippen LogP contribution >= 0.6 is 0 Å². The fourth-order valence-electron chi connectivity index (χ4n) is 4.82. The molecule has 6 heterocycles. The van der Waals surface area contributed by atoms with Crippen molar-refractivity contribution in [2.45, 2.75) is 30.0 Å². The zero-order chi connectivity index (χ0) is 22.6. The van der Waals surface area contributed by atoms with Crippen molar-refractivity contribution in [3.63, 3.8) is 0 Å². The molecule has 0 amide bonds. The third-order valence-electron chi connectivity index (χ3n) is 6.72. The highest BCUT2D eigenvalue weighted by molar-refractivity contribution is 7.89. The molecule has 0 saturated carbocycles. The Bertz CT molecular complexity index is 1390. The van der Waals surface area contributed by atoms with Crippen LogP contribution in [0.1, 0.15) is 18.9 Å². The molecule has 0 unspecified atom stereocenters. The summed E-state index contributed by atoms with van der Waals surface area (Å²) in [6.07, 6.45) is 12.1. The van der Waals surface area contributed by atoms with E-state index in [0.29, 0.717) is 25.2 Å². The third kappa shape index (κ3) is 3.54. The van der Waals surface area contributed by atoms with Crippen LogP contribution in [0.5, 0.6) is 0 Å². The molecule has 4 aromatic rings. The third-order valence-corrected chi connectivity index (χ3v) is 8.50. The Morgan fingerprint density at radius 1 is 1.06 bits per heavy atom. The van der Waals surface area contributed by atoms with E-state index in [0.717, 1.165) is 48.2 Å². The summed E-state index contributed by atoms with van der Waals surface area (Å²) in [4.78, 5) is 18.3. The van der Waals surface area contributed by atoms with Crippen molar-refractivity contribution in [1.29, 1.82) is 0 Å². The smallest absolute Gasteiger partial charge is 0.262 e. The number of imidazole rings is 1. The van der Waals surface area contributed by atoms with Gasteiger partial charge in [0.15, 0.2) is 5.03 Å². The van der Waals surface area contributed by atoms with Crippen LogP contribution in [0.3, 0.4) is 0 Å². The standard InChI is InChI=1S/C21H25N9O2S/c1-27-12-19(25-14-27)33(31,32)29-6-3-16(4-7-29)28-10-17(11-28)30-9-15(8-26-30)20-18-2-5-22-21(18)24-13-23-20/h2,5,8-9,12-14,16-17H,3-4,6-7,10-11H2,1H3,(H,22,23,24). The van der Waals surface area contributed by atoms with E-state index in [4.69, 9.17) is 0 Å². The van der Waals surface area contributed by atoms with Gasteiger partial charge in [-0.1, -0.05) is 0 Å². The number of hydrogen-bond acceptors (Lipinski definition) is 7. The Morgan fingerprint density at radius 2 is 1.88 bits per heavy atom. The summed E-state index contributed by atoms with van der Waals surface area (Å²) in [6.45, 7) is 2.89. The molecule has 1 N–H and O–H groups in total. The topological polar surface area (TPSA) is 118 Å². The van der Waals surface area contributed by atoms with Crippen molar-refractivity contribution in [3.05, 3.63) is 43.5 Å². The Kier molecular flexibility index (Phi) is 4.82. The van der Waals surface area contributed by atoms with E-state index in [-0.39, 0.29) is 5.03 Å². The first-order valence-electron chi connectivity index (χ1n) is 11.0. The van der Waals surface area contributed by atoms with E-state index in [2.05, 4.69) is 36.1 Å². The van der Waals surface area contributed by atoms with Gasteiger partial charge in [-0.05, 0) is 18.9 Å². The lowest BCUT2D eigenvalue weighted by molar-refractivity contribution is 0.0308. The summed E-state index contributed by atoms with van der Waals surface area (Å²) >= 11 is 0. The lowest BCUT2D eigenvalue weighted by Crippen LogP contribution is -2.56. The molecule has 6 rings (SSSR count). The summed E-state index contributed by atoms with van der Waals surface area (Å²) in [7, 11) is -1.74. The number of sulfonamides is 1. The van der Waals surface area contributed by atoms with Crippen LogP contribution in [0.4, 0.5) is 0 Å². The van der Waals surface area contributed by atoms with Crippen molar-refractivity contribution in [3.8, 4) is 11.3 Å². The fraction of sp³-hybridized carbons (Fsp3) is 0.429. The zero-order valence-corrected chi connectivity index (χ0v) is 19.1. The van der Waals surface area contributed by atoms with Gasteiger partial charge in [0.2, 0.25) is 0 Å². The van der Waals surface area contributed by atoms with Crippen LogP contribution in [0, 0.1) is 0 Å². The predicted molar refractivity (Wildman–Crippen MR) is 121 cm³/mol. The maximum absolute atomic E-state index is 12.8. The average Bonchev–Trinajstić information content (AvgIpc) is 3.53. The van der Waals surface area contributed by atoms with Crippen LogP contribution in [0.2, 0.25) is 0 Å². The Balaban J connectivity index is 1.07. The lowest BCUT2D eigenvalue weighted by Gasteiger charge is -2.46. The molecule has 33 heavy (non-hydrogen) atoms. The minimum Gasteiger partial charge on any atom is -0.346 e. The van der Waals surface area contributed by atoms with Crippen LogP contribution in [0.25, 0.3) is 22.3 Å². The molecular weight excluding hydrogens is 442 g/mol. The van der Waals surface area contributed by atoms with Crippen LogP contribution < -0.4 is 0 Å². The molecule has 2 saturated heterocycles. The summed E-state index contributed by atoms with van der Waals surface area (Å²) in [6, 6.07) is 2.69. The zero-order valence-electron chi connectivity index (χ0n) is 18.2. The van der Waals surface area contributed by atoms with Crippen molar-refractivity contribution in [2.75, 3.05) is 26.2 Å². The van der Waals surface area contributed by atoms with Crippen molar-refractivity contribution in [2.24, 2.45) is 7.05 Å². The molecule has 2 aliphatic heterocycles. The van der Waals surface area contributed by atoms with Gasteiger partial charge in [-0.3, -0.25) is 9.58 Å². The molecule has 0 aliphatic carbocycles. The largest absolute Gasteiger partial charge is 0.346 e. The monoisotopic (exact) mass is 467 g/mol. The van der Waals surface area contributed by atoms with E-state index in [9.17, 15) is 8.42 Å². The molecule has 2 aliphatic rings. The van der Waals surface area contributed by atoms with E-state index in [1.807, 2.05) is 23.1 Å².